The van der Waals surface area contributed by atoms with Gasteiger partial charge in [-0.1, -0.05) is 0 Å². The van der Waals surface area contributed by atoms with E-state index in [-0.39, 0.29) is 23.1 Å². The molecule has 1 aliphatic rings. The van der Waals surface area contributed by atoms with E-state index in [1.165, 1.54) is 12.8 Å². The van der Waals surface area contributed by atoms with Crippen molar-refractivity contribution in [2.45, 2.75) is 26.2 Å². The van der Waals surface area contributed by atoms with Gasteiger partial charge in [-0.25, -0.2) is 4.98 Å². The predicted octanol–water partition coefficient (Wildman–Crippen LogP) is 1.42. The highest BCUT2D eigenvalue weighted by Crippen LogP contribution is 2.26. The number of nitrogen functional groups attached to an aromatic ring is 1. The van der Waals surface area contributed by atoms with Gasteiger partial charge in [0.25, 0.3) is 0 Å². The Labute approximate surface area is 123 Å². The number of piperidine rings is 1. The molecule has 0 bridgehead atoms. The number of nitro groups is 1. The summed E-state index contributed by atoms with van der Waals surface area (Å²) in [5.41, 5.74) is 5.76. The van der Waals surface area contributed by atoms with Crippen LogP contribution in [0.25, 0.3) is 0 Å². The molecule has 1 aromatic rings. The van der Waals surface area contributed by atoms with Gasteiger partial charge in [-0.15, -0.1) is 0 Å². The van der Waals surface area contributed by atoms with Crippen molar-refractivity contribution < 1.29 is 4.92 Å². The maximum atomic E-state index is 11.1. The summed E-state index contributed by atoms with van der Waals surface area (Å²) in [6.07, 6.45) is 3.32. The minimum atomic E-state index is -0.466. The zero-order valence-corrected chi connectivity index (χ0v) is 12.5. The molecule has 8 heteroatoms. The first kappa shape index (κ1) is 15.4. The number of likely N-dealkylation sites (tertiary alicyclic amines) is 1. The van der Waals surface area contributed by atoms with Gasteiger partial charge in [0.15, 0.2) is 0 Å². The van der Waals surface area contributed by atoms with E-state index >= 15 is 0 Å². The molecule has 0 atom stereocenters. The van der Waals surface area contributed by atoms with Crippen molar-refractivity contribution in [2.75, 3.05) is 37.7 Å². The molecule has 1 saturated heterocycles. The molecule has 0 saturated carbocycles. The number of anilines is 2. The predicted molar refractivity (Wildman–Crippen MR) is 81.2 cm³/mol. The molecule has 0 amide bonds. The van der Waals surface area contributed by atoms with Crippen LogP contribution in [0.3, 0.4) is 0 Å². The summed E-state index contributed by atoms with van der Waals surface area (Å²) >= 11 is 0. The van der Waals surface area contributed by atoms with Gasteiger partial charge in [0, 0.05) is 6.54 Å². The van der Waals surface area contributed by atoms with Crippen LogP contribution in [-0.4, -0.2) is 46.5 Å². The summed E-state index contributed by atoms with van der Waals surface area (Å²) in [6.45, 7) is 4.46. The van der Waals surface area contributed by atoms with Crippen LogP contribution in [0, 0.1) is 23.0 Å². The quantitative estimate of drug-likeness (QED) is 0.624. The van der Waals surface area contributed by atoms with Gasteiger partial charge in [0.2, 0.25) is 11.8 Å². The van der Waals surface area contributed by atoms with Crippen molar-refractivity contribution in [1.82, 2.24) is 14.9 Å². The van der Waals surface area contributed by atoms with Gasteiger partial charge in [0.1, 0.15) is 5.69 Å². The van der Waals surface area contributed by atoms with Crippen molar-refractivity contribution in [3.8, 4) is 0 Å². The number of hydrogen-bond acceptors (Lipinski definition) is 7. The van der Waals surface area contributed by atoms with Crippen LogP contribution in [0.2, 0.25) is 0 Å². The van der Waals surface area contributed by atoms with E-state index in [0.29, 0.717) is 12.5 Å². The second-order valence-electron chi connectivity index (χ2n) is 5.58. The highest BCUT2D eigenvalue weighted by atomic mass is 16.6. The molecule has 0 aliphatic carbocycles. The van der Waals surface area contributed by atoms with E-state index in [9.17, 15) is 10.1 Å². The average Bonchev–Trinajstić information content (AvgIpc) is 2.39. The van der Waals surface area contributed by atoms with E-state index in [1.807, 2.05) is 0 Å². The minimum Gasteiger partial charge on any atom is -0.368 e. The molecule has 21 heavy (non-hydrogen) atoms. The van der Waals surface area contributed by atoms with Gasteiger partial charge in [-0.2, -0.15) is 4.98 Å². The first-order valence-electron chi connectivity index (χ1n) is 7.18. The van der Waals surface area contributed by atoms with Crippen molar-refractivity contribution >= 4 is 17.5 Å². The summed E-state index contributed by atoms with van der Waals surface area (Å²) < 4.78 is 0. The van der Waals surface area contributed by atoms with E-state index in [4.69, 9.17) is 5.73 Å². The molecule has 116 valence electrons. The first-order chi connectivity index (χ1) is 9.97. The minimum absolute atomic E-state index is 0.0555. The standard InChI is InChI=1S/C13H22N6O2/c1-9-11(19(20)21)12(17-13(14)16-9)15-6-3-10-4-7-18(2)8-5-10/h10H,3-8H2,1-2H3,(H3,14,15,16,17). The Hall–Kier alpha value is -1.96. The maximum Gasteiger partial charge on any atom is 0.332 e. The van der Waals surface area contributed by atoms with Gasteiger partial charge in [-0.05, 0) is 52.2 Å². The molecule has 0 aromatic carbocycles. The topological polar surface area (TPSA) is 110 Å². The number of nitrogens with one attached hydrogen (secondary N) is 1. The van der Waals surface area contributed by atoms with Crippen LogP contribution in [0.15, 0.2) is 0 Å². The van der Waals surface area contributed by atoms with E-state index in [0.717, 1.165) is 19.5 Å². The van der Waals surface area contributed by atoms with Gasteiger partial charge in [0.05, 0.1) is 4.92 Å². The van der Waals surface area contributed by atoms with E-state index in [1.54, 1.807) is 6.92 Å². The molecule has 1 aliphatic heterocycles. The van der Waals surface area contributed by atoms with Crippen molar-refractivity contribution in [3.05, 3.63) is 15.8 Å². The molecule has 1 aromatic heterocycles. The highest BCUT2D eigenvalue weighted by molar-refractivity contribution is 5.60. The highest BCUT2D eigenvalue weighted by Gasteiger charge is 2.22. The molecule has 8 nitrogen and oxygen atoms in total. The summed E-state index contributed by atoms with van der Waals surface area (Å²) in [6, 6.07) is 0. The number of rotatable bonds is 5. The number of aryl methyl sites for hydroxylation is 1. The van der Waals surface area contributed by atoms with Crippen LogP contribution < -0.4 is 11.1 Å². The molecule has 3 N–H and O–H groups in total. The average molecular weight is 294 g/mol. The third-order valence-corrected chi connectivity index (χ3v) is 3.94. The fraction of sp³-hybridized carbons (Fsp3) is 0.692. The normalized spacial score (nSPS) is 16.9. The smallest absolute Gasteiger partial charge is 0.332 e. The van der Waals surface area contributed by atoms with E-state index < -0.39 is 4.92 Å². The van der Waals surface area contributed by atoms with Crippen LogP contribution in [0.4, 0.5) is 17.5 Å². The summed E-state index contributed by atoms with van der Waals surface area (Å²) in [4.78, 5) is 20.7. The zero-order chi connectivity index (χ0) is 15.4. The van der Waals surface area contributed by atoms with Crippen molar-refractivity contribution in [3.63, 3.8) is 0 Å². The Morgan fingerprint density at radius 3 is 2.71 bits per heavy atom. The molecule has 2 heterocycles. The van der Waals surface area contributed by atoms with Gasteiger partial charge < -0.3 is 16.0 Å². The molecule has 0 spiro atoms. The Morgan fingerprint density at radius 1 is 1.43 bits per heavy atom. The van der Waals surface area contributed by atoms with Crippen LogP contribution in [-0.2, 0) is 0 Å². The summed E-state index contributed by atoms with van der Waals surface area (Å²) in [7, 11) is 2.13. The van der Waals surface area contributed by atoms with E-state index in [2.05, 4.69) is 27.2 Å². The molecule has 0 radical (unpaired) electrons. The van der Waals surface area contributed by atoms with Gasteiger partial charge in [-0.3, -0.25) is 10.1 Å². The number of hydrogen-bond donors (Lipinski definition) is 2. The second kappa shape index (κ2) is 6.66. The number of nitrogens with two attached hydrogens (primary N) is 1. The van der Waals surface area contributed by atoms with Crippen LogP contribution in [0.1, 0.15) is 25.0 Å². The lowest BCUT2D eigenvalue weighted by molar-refractivity contribution is -0.385. The molecular weight excluding hydrogens is 272 g/mol. The zero-order valence-electron chi connectivity index (χ0n) is 12.5. The number of aromatic nitrogens is 2. The lowest BCUT2D eigenvalue weighted by Gasteiger charge is -2.28. The Kier molecular flexibility index (Phi) is 4.89. The fourth-order valence-corrected chi connectivity index (χ4v) is 2.68. The van der Waals surface area contributed by atoms with Crippen LogP contribution in [0.5, 0.6) is 0 Å². The van der Waals surface area contributed by atoms with Crippen molar-refractivity contribution in [2.24, 2.45) is 5.92 Å². The molecule has 0 unspecified atom stereocenters. The number of nitrogens with zero attached hydrogens (tertiary/aromatic N) is 4. The Morgan fingerprint density at radius 2 is 2.10 bits per heavy atom. The third-order valence-electron chi connectivity index (χ3n) is 3.94. The molecule has 1 fully saturated rings. The monoisotopic (exact) mass is 294 g/mol. The first-order valence-corrected chi connectivity index (χ1v) is 7.18. The lowest BCUT2D eigenvalue weighted by atomic mass is 9.94. The summed E-state index contributed by atoms with van der Waals surface area (Å²) in [5, 5.41) is 14.1. The van der Waals surface area contributed by atoms with Crippen LogP contribution >= 0.6 is 0 Å². The fourth-order valence-electron chi connectivity index (χ4n) is 2.68. The second-order valence-corrected chi connectivity index (χ2v) is 5.58. The van der Waals surface area contributed by atoms with Gasteiger partial charge >= 0.3 is 5.69 Å². The summed E-state index contributed by atoms with van der Waals surface area (Å²) in [5.74, 6) is 0.936. The Bertz CT molecular complexity index is 514. The maximum absolute atomic E-state index is 11.1. The molecule has 2 rings (SSSR count). The SMILES string of the molecule is Cc1nc(N)nc(NCCC2CCN(C)CC2)c1[N+](=O)[O-]. The Balaban J connectivity index is 1.95. The lowest BCUT2D eigenvalue weighted by Crippen LogP contribution is -2.30. The van der Waals surface area contributed by atoms with Crippen molar-refractivity contribution in [1.29, 1.82) is 0 Å². The third kappa shape index (κ3) is 4.01. The largest absolute Gasteiger partial charge is 0.368 e. The molecular formula is C13H22N6O2.